The highest BCUT2D eigenvalue weighted by Crippen LogP contribution is 2.34. The van der Waals surface area contributed by atoms with Crippen LogP contribution in [0, 0.1) is 0 Å². The lowest BCUT2D eigenvalue weighted by Gasteiger charge is -2.03. The molecule has 0 amide bonds. The zero-order valence-electron chi connectivity index (χ0n) is 9.57. The first-order valence-corrected chi connectivity index (χ1v) is 7.41. The molecule has 3 aromatic rings. The summed E-state index contributed by atoms with van der Waals surface area (Å²) in [4.78, 5) is 4.54. The van der Waals surface area contributed by atoms with Gasteiger partial charge in [-0.3, -0.25) is 4.40 Å². The maximum Gasteiger partial charge on any atom is 0.139 e. The van der Waals surface area contributed by atoms with Crippen molar-refractivity contribution in [1.82, 2.24) is 9.38 Å². The van der Waals surface area contributed by atoms with Crippen LogP contribution in [0.4, 0.5) is 5.82 Å². The maximum atomic E-state index is 6.23. The van der Waals surface area contributed by atoms with E-state index in [9.17, 15) is 0 Å². The van der Waals surface area contributed by atoms with E-state index in [0.717, 1.165) is 20.2 Å². The van der Waals surface area contributed by atoms with Crippen LogP contribution < -0.4 is 5.73 Å². The molecule has 0 aliphatic rings. The summed E-state index contributed by atoms with van der Waals surface area (Å²) in [7, 11) is 0. The minimum Gasteiger partial charge on any atom is -0.383 e. The fourth-order valence-corrected chi connectivity index (χ4v) is 2.82. The van der Waals surface area contributed by atoms with Crippen LogP contribution in [0.1, 0.15) is 0 Å². The first kappa shape index (κ1) is 13.0. The SMILES string of the molecule is Nc1c(-c2cc(Br)ccc2Cl)nc2ccc(Br)cn12. The molecule has 3 rings (SSSR count). The van der Waals surface area contributed by atoms with Gasteiger partial charge >= 0.3 is 0 Å². The summed E-state index contributed by atoms with van der Waals surface area (Å²) < 4.78 is 3.71. The molecule has 6 heteroatoms. The molecule has 1 aromatic carbocycles. The zero-order chi connectivity index (χ0) is 13.6. The number of nitrogen functional groups attached to an aromatic ring is 1. The number of hydrogen-bond donors (Lipinski definition) is 1. The van der Waals surface area contributed by atoms with E-state index < -0.39 is 0 Å². The molecule has 0 atom stereocenters. The fourth-order valence-electron chi connectivity index (χ4n) is 1.91. The van der Waals surface area contributed by atoms with Gasteiger partial charge in [0.1, 0.15) is 17.2 Å². The van der Waals surface area contributed by atoms with Crippen LogP contribution in [0.25, 0.3) is 16.9 Å². The normalized spacial score (nSPS) is 11.1. The van der Waals surface area contributed by atoms with Crippen LogP contribution in [0.2, 0.25) is 5.02 Å². The summed E-state index contributed by atoms with van der Waals surface area (Å²) in [5.41, 5.74) is 8.45. The number of nitrogens with zero attached hydrogens (tertiary/aromatic N) is 2. The Bertz CT molecular complexity index is 783. The number of anilines is 1. The van der Waals surface area contributed by atoms with Crippen molar-refractivity contribution in [2.45, 2.75) is 0 Å². The summed E-state index contributed by atoms with van der Waals surface area (Å²) in [5.74, 6) is 0.566. The van der Waals surface area contributed by atoms with E-state index in [1.54, 1.807) is 0 Å². The van der Waals surface area contributed by atoms with Crippen LogP contribution in [-0.4, -0.2) is 9.38 Å². The predicted molar refractivity (Wildman–Crippen MR) is 85.5 cm³/mol. The van der Waals surface area contributed by atoms with Crippen LogP contribution >= 0.6 is 43.5 Å². The van der Waals surface area contributed by atoms with E-state index in [0.29, 0.717) is 16.5 Å². The third-order valence-corrected chi connectivity index (χ3v) is 4.09. The van der Waals surface area contributed by atoms with Crippen molar-refractivity contribution in [2.24, 2.45) is 0 Å². The Hall–Kier alpha value is -1.04. The number of hydrogen-bond acceptors (Lipinski definition) is 2. The number of rotatable bonds is 1. The second kappa shape index (κ2) is 4.81. The molecule has 0 bridgehead atoms. The van der Waals surface area contributed by atoms with Crippen molar-refractivity contribution in [3.8, 4) is 11.3 Å². The van der Waals surface area contributed by atoms with Gasteiger partial charge in [-0.1, -0.05) is 27.5 Å². The van der Waals surface area contributed by atoms with Gasteiger partial charge in [-0.2, -0.15) is 0 Å². The van der Waals surface area contributed by atoms with Crippen LogP contribution in [-0.2, 0) is 0 Å². The molecular formula is C13H8Br2ClN3. The lowest BCUT2D eigenvalue weighted by molar-refractivity contribution is 1.18. The lowest BCUT2D eigenvalue weighted by atomic mass is 10.1. The average Bonchev–Trinajstić information content (AvgIpc) is 2.70. The molecule has 0 saturated heterocycles. The van der Waals surface area contributed by atoms with Gasteiger partial charge in [0.2, 0.25) is 0 Å². The first-order valence-electron chi connectivity index (χ1n) is 5.45. The lowest BCUT2D eigenvalue weighted by Crippen LogP contribution is -1.94. The Morgan fingerprint density at radius 2 is 1.84 bits per heavy atom. The molecule has 0 spiro atoms. The highest BCUT2D eigenvalue weighted by Gasteiger charge is 2.14. The predicted octanol–water partition coefficient (Wildman–Crippen LogP) is 4.76. The number of fused-ring (bicyclic) bond motifs is 1. The highest BCUT2D eigenvalue weighted by molar-refractivity contribution is 9.10. The number of benzene rings is 1. The zero-order valence-corrected chi connectivity index (χ0v) is 13.5. The molecule has 3 nitrogen and oxygen atoms in total. The summed E-state index contributed by atoms with van der Waals surface area (Å²) >= 11 is 13.1. The number of aromatic nitrogens is 2. The van der Waals surface area contributed by atoms with Gasteiger partial charge in [0.25, 0.3) is 0 Å². The molecule has 2 heterocycles. The molecule has 19 heavy (non-hydrogen) atoms. The van der Waals surface area contributed by atoms with Gasteiger partial charge in [0.15, 0.2) is 0 Å². The number of imidazole rings is 1. The average molecular weight is 401 g/mol. The van der Waals surface area contributed by atoms with Crippen molar-refractivity contribution in [3.63, 3.8) is 0 Å². The Morgan fingerprint density at radius 1 is 1.11 bits per heavy atom. The first-order chi connectivity index (χ1) is 9.06. The summed E-state index contributed by atoms with van der Waals surface area (Å²) in [6.07, 6.45) is 1.88. The van der Waals surface area contributed by atoms with E-state index in [2.05, 4.69) is 36.8 Å². The molecule has 96 valence electrons. The minimum atomic E-state index is 0.566. The number of pyridine rings is 1. The molecule has 0 aliphatic heterocycles. The highest BCUT2D eigenvalue weighted by atomic mass is 79.9. The van der Waals surface area contributed by atoms with Crippen molar-refractivity contribution < 1.29 is 0 Å². The molecule has 0 aliphatic carbocycles. The van der Waals surface area contributed by atoms with E-state index in [-0.39, 0.29) is 0 Å². The van der Waals surface area contributed by atoms with Crippen molar-refractivity contribution in [2.75, 3.05) is 5.73 Å². The molecule has 2 aromatic heterocycles. The van der Waals surface area contributed by atoms with Gasteiger partial charge in [-0.05, 0) is 46.3 Å². The Morgan fingerprint density at radius 3 is 2.63 bits per heavy atom. The van der Waals surface area contributed by atoms with E-state index in [4.69, 9.17) is 17.3 Å². The van der Waals surface area contributed by atoms with Gasteiger partial charge in [-0.25, -0.2) is 4.98 Å². The van der Waals surface area contributed by atoms with Crippen LogP contribution in [0.5, 0.6) is 0 Å². The Labute approximate surface area is 131 Å². The molecule has 0 radical (unpaired) electrons. The third kappa shape index (κ3) is 2.26. The topological polar surface area (TPSA) is 43.3 Å². The van der Waals surface area contributed by atoms with Crippen molar-refractivity contribution in [1.29, 1.82) is 0 Å². The Kier molecular flexibility index (Phi) is 3.28. The van der Waals surface area contributed by atoms with Gasteiger partial charge in [-0.15, -0.1) is 0 Å². The smallest absolute Gasteiger partial charge is 0.139 e. The largest absolute Gasteiger partial charge is 0.383 e. The second-order valence-electron chi connectivity index (χ2n) is 4.05. The number of halogens is 3. The van der Waals surface area contributed by atoms with Crippen LogP contribution in [0.3, 0.4) is 0 Å². The number of nitrogens with two attached hydrogens (primary N) is 1. The maximum absolute atomic E-state index is 6.23. The molecular weight excluding hydrogens is 393 g/mol. The monoisotopic (exact) mass is 399 g/mol. The van der Waals surface area contributed by atoms with E-state index in [1.807, 2.05) is 40.9 Å². The summed E-state index contributed by atoms with van der Waals surface area (Å²) in [5, 5.41) is 0.623. The molecule has 0 unspecified atom stereocenters. The third-order valence-electron chi connectivity index (χ3n) is 2.80. The summed E-state index contributed by atoms with van der Waals surface area (Å²) in [6, 6.07) is 9.44. The van der Waals surface area contributed by atoms with Crippen molar-refractivity contribution in [3.05, 3.63) is 50.5 Å². The van der Waals surface area contributed by atoms with E-state index >= 15 is 0 Å². The second-order valence-corrected chi connectivity index (χ2v) is 6.28. The fraction of sp³-hybridized carbons (Fsp3) is 0. The van der Waals surface area contributed by atoms with Gasteiger partial charge < -0.3 is 5.73 Å². The standard InChI is InChI=1S/C13H8Br2ClN3/c14-7-1-3-10(16)9(5-7)12-13(17)19-6-8(15)2-4-11(19)18-12/h1-6H,17H2. The molecule has 0 fully saturated rings. The Balaban J connectivity index is 2.31. The summed E-state index contributed by atoms with van der Waals surface area (Å²) in [6.45, 7) is 0. The minimum absolute atomic E-state index is 0.566. The van der Waals surface area contributed by atoms with Gasteiger partial charge in [0.05, 0.1) is 5.02 Å². The van der Waals surface area contributed by atoms with Gasteiger partial charge in [0, 0.05) is 20.7 Å². The molecule has 2 N–H and O–H groups in total. The van der Waals surface area contributed by atoms with Crippen molar-refractivity contribution >= 4 is 54.9 Å². The molecule has 0 saturated carbocycles. The van der Waals surface area contributed by atoms with E-state index in [1.165, 1.54) is 0 Å². The van der Waals surface area contributed by atoms with Crippen LogP contribution in [0.15, 0.2) is 45.5 Å². The quantitative estimate of drug-likeness (QED) is 0.639.